The first-order valence-electron chi connectivity index (χ1n) is 5.80. The van der Waals surface area contributed by atoms with Crippen LogP contribution in [0, 0.1) is 6.92 Å². The van der Waals surface area contributed by atoms with Gasteiger partial charge in [-0.25, -0.2) is 0 Å². The molecule has 2 atom stereocenters. The second-order valence-electron chi connectivity index (χ2n) is 4.29. The summed E-state index contributed by atoms with van der Waals surface area (Å²) in [5, 5.41) is 3.54. The van der Waals surface area contributed by atoms with E-state index < -0.39 is 0 Å². The Labute approximate surface area is 107 Å². The van der Waals surface area contributed by atoms with Gasteiger partial charge in [-0.05, 0) is 37.5 Å². The Balaban J connectivity index is 2.86. The highest BCUT2D eigenvalue weighted by Crippen LogP contribution is 2.24. The summed E-state index contributed by atoms with van der Waals surface area (Å²) in [5.41, 5.74) is 8.33. The van der Waals surface area contributed by atoms with Gasteiger partial charge in [-0.3, -0.25) is 0 Å². The van der Waals surface area contributed by atoms with Gasteiger partial charge in [0.25, 0.3) is 0 Å². The highest BCUT2D eigenvalue weighted by molar-refractivity contribution is 9.10. The Morgan fingerprint density at radius 2 is 2.12 bits per heavy atom. The molecule has 0 fully saturated rings. The van der Waals surface area contributed by atoms with E-state index in [4.69, 9.17) is 5.73 Å². The fourth-order valence-electron chi connectivity index (χ4n) is 1.66. The van der Waals surface area contributed by atoms with Crippen molar-refractivity contribution >= 4 is 15.9 Å². The van der Waals surface area contributed by atoms with Gasteiger partial charge in [0, 0.05) is 23.1 Å². The first-order valence-corrected chi connectivity index (χ1v) is 6.60. The predicted octanol–water partition coefficient (Wildman–Crippen LogP) is 3.15. The van der Waals surface area contributed by atoms with E-state index in [-0.39, 0.29) is 6.04 Å². The number of hydrogen-bond acceptors (Lipinski definition) is 2. The Morgan fingerprint density at radius 1 is 1.44 bits per heavy atom. The topological polar surface area (TPSA) is 38.0 Å². The van der Waals surface area contributed by atoms with Gasteiger partial charge in [-0.15, -0.1) is 0 Å². The van der Waals surface area contributed by atoms with Gasteiger partial charge in [0.05, 0.1) is 0 Å². The summed E-state index contributed by atoms with van der Waals surface area (Å²) in [6.07, 6.45) is 1.11. The maximum absolute atomic E-state index is 5.83. The van der Waals surface area contributed by atoms with Gasteiger partial charge in [0.15, 0.2) is 0 Å². The first-order chi connectivity index (χ1) is 7.58. The van der Waals surface area contributed by atoms with Crippen LogP contribution in [-0.2, 0) is 0 Å². The fraction of sp³-hybridized carbons (Fsp3) is 0.538. The molecule has 2 nitrogen and oxygen atoms in total. The molecule has 1 aromatic carbocycles. The summed E-state index contributed by atoms with van der Waals surface area (Å²) >= 11 is 3.60. The SMILES string of the molecule is CCC(C)NC(CN)c1ccc(C)cc1Br. The van der Waals surface area contributed by atoms with Crippen molar-refractivity contribution < 1.29 is 0 Å². The van der Waals surface area contributed by atoms with Gasteiger partial charge >= 0.3 is 0 Å². The second-order valence-corrected chi connectivity index (χ2v) is 5.14. The molecule has 0 radical (unpaired) electrons. The van der Waals surface area contributed by atoms with Gasteiger partial charge < -0.3 is 11.1 Å². The summed E-state index contributed by atoms with van der Waals surface area (Å²) in [6, 6.07) is 7.12. The van der Waals surface area contributed by atoms with E-state index in [1.54, 1.807) is 0 Å². The monoisotopic (exact) mass is 284 g/mol. The molecule has 0 aliphatic heterocycles. The molecule has 3 N–H and O–H groups in total. The van der Waals surface area contributed by atoms with Crippen LogP contribution < -0.4 is 11.1 Å². The van der Waals surface area contributed by atoms with Crippen molar-refractivity contribution in [1.82, 2.24) is 5.32 Å². The molecule has 0 bridgehead atoms. The lowest BCUT2D eigenvalue weighted by Crippen LogP contribution is -2.34. The molecule has 0 saturated heterocycles. The van der Waals surface area contributed by atoms with Crippen molar-refractivity contribution in [3.63, 3.8) is 0 Å². The average molecular weight is 285 g/mol. The van der Waals surface area contributed by atoms with Crippen molar-refractivity contribution in [2.75, 3.05) is 6.54 Å². The van der Waals surface area contributed by atoms with Crippen molar-refractivity contribution in [2.45, 2.75) is 39.3 Å². The zero-order valence-corrected chi connectivity index (χ0v) is 11.8. The van der Waals surface area contributed by atoms with E-state index in [9.17, 15) is 0 Å². The molecule has 0 aliphatic carbocycles. The van der Waals surface area contributed by atoms with Crippen molar-refractivity contribution in [3.8, 4) is 0 Å². The van der Waals surface area contributed by atoms with Gasteiger partial charge in [0.1, 0.15) is 0 Å². The second kappa shape index (κ2) is 6.38. The molecule has 1 rings (SSSR count). The van der Waals surface area contributed by atoms with Crippen LogP contribution in [0.1, 0.15) is 37.4 Å². The molecular formula is C13H21BrN2. The maximum atomic E-state index is 5.83. The summed E-state index contributed by atoms with van der Waals surface area (Å²) in [7, 11) is 0. The van der Waals surface area contributed by atoms with Crippen LogP contribution in [0.4, 0.5) is 0 Å². The van der Waals surface area contributed by atoms with E-state index in [1.165, 1.54) is 11.1 Å². The van der Waals surface area contributed by atoms with E-state index in [0.717, 1.165) is 10.9 Å². The zero-order chi connectivity index (χ0) is 12.1. The summed E-state index contributed by atoms with van der Waals surface area (Å²) in [5.74, 6) is 0. The number of hydrogen-bond donors (Lipinski definition) is 2. The first kappa shape index (κ1) is 13.7. The normalized spacial score (nSPS) is 14.8. The molecule has 0 spiro atoms. The van der Waals surface area contributed by atoms with Crippen molar-refractivity contribution in [3.05, 3.63) is 33.8 Å². The Morgan fingerprint density at radius 3 is 2.62 bits per heavy atom. The van der Waals surface area contributed by atoms with Crippen molar-refractivity contribution in [1.29, 1.82) is 0 Å². The third-order valence-corrected chi connectivity index (χ3v) is 3.55. The van der Waals surface area contributed by atoms with Crippen LogP contribution in [0.25, 0.3) is 0 Å². The number of rotatable bonds is 5. The number of halogens is 1. The van der Waals surface area contributed by atoms with Gasteiger partial charge in [0.2, 0.25) is 0 Å². The van der Waals surface area contributed by atoms with E-state index in [0.29, 0.717) is 12.6 Å². The molecule has 3 heteroatoms. The largest absolute Gasteiger partial charge is 0.329 e. The average Bonchev–Trinajstić information content (AvgIpc) is 2.26. The standard InChI is InChI=1S/C13H21BrN2/c1-4-10(3)16-13(8-15)11-6-5-9(2)7-12(11)14/h5-7,10,13,16H,4,8,15H2,1-3H3. The third-order valence-electron chi connectivity index (χ3n) is 2.87. The zero-order valence-electron chi connectivity index (χ0n) is 10.3. The van der Waals surface area contributed by atoms with Crippen LogP contribution in [0.15, 0.2) is 22.7 Å². The molecule has 2 unspecified atom stereocenters. The molecule has 0 saturated carbocycles. The summed E-state index contributed by atoms with van der Waals surface area (Å²) in [6.45, 7) is 7.07. The van der Waals surface area contributed by atoms with Gasteiger partial charge in [-0.2, -0.15) is 0 Å². The quantitative estimate of drug-likeness (QED) is 0.872. The molecule has 90 valence electrons. The molecule has 0 aromatic heterocycles. The minimum Gasteiger partial charge on any atom is -0.329 e. The van der Waals surface area contributed by atoms with Crippen LogP contribution in [0.3, 0.4) is 0 Å². The maximum Gasteiger partial charge on any atom is 0.0457 e. The van der Waals surface area contributed by atoms with Crippen LogP contribution in [0.5, 0.6) is 0 Å². The number of aryl methyl sites for hydroxylation is 1. The lowest BCUT2D eigenvalue weighted by atomic mass is 10.0. The lowest BCUT2D eigenvalue weighted by molar-refractivity contribution is 0.451. The highest BCUT2D eigenvalue weighted by atomic mass is 79.9. The molecule has 16 heavy (non-hydrogen) atoms. The summed E-state index contributed by atoms with van der Waals surface area (Å²) in [4.78, 5) is 0. The molecular weight excluding hydrogens is 264 g/mol. The molecule has 0 aliphatic rings. The fourth-order valence-corrected chi connectivity index (χ4v) is 2.43. The Bertz CT molecular complexity index is 339. The molecule has 1 aromatic rings. The Kier molecular flexibility index (Phi) is 5.46. The Hall–Kier alpha value is -0.380. The predicted molar refractivity (Wildman–Crippen MR) is 73.6 cm³/mol. The molecule has 0 amide bonds. The molecule has 0 heterocycles. The smallest absolute Gasteiger partial charge is 0.0457 e. The minimum absolute atomic E-state index is 0.227. The van der Waals surface area contributed by atoms with Crippen LogP contribution in [0.2, 0.25) is 0 Å². The number of nitrogens with two attached hydrogens (primary N) is 1. The van der Waals surface area contributed by atoms with E-state index >= 15 is 0 Å². The number of benzene rings is 1. The van der Waals surface area contributed by atoms with E-state index in [2.05, 4.69) is 60.2 Å². The summed E-state index contributed by atoms with van der Waals surface area (Å²) < 4.78 is 1.14. The minimum atomic E-state index is 0.227. The van der Waals surface area contributed by atoms with Crippen LogP contribution in [-0.4, -0.2) is 12.6 Å². The van der Waals surface area contributed by atoms with E-state index in [1.807, 2.05) is 0 Å². The highest BCUT2D eigenvalue weighted by Gasteiger charge is 2.14. The van der Waals surface area contributed by atoms with Gasteiger partial charge in [-0.1, -0.05) is 35.0 Å². The van der Waals surface area contributed by atoms with Crippen molar-refractivity contribution in [2.24, 2.45) is 5.73 Å². The third kappa shape index (κ3) is 3.58. The number of nitrogens with one attached hydrogen (secondary N) is 1. The van der Waals surface area contributed by atoms with Crippen LogP contribution >= 0.6 is 15.9 Å². The lowest BCUT2D eigenvalue weighted by Gasteiger charge is -2.23.